The Labute approximate surface area is 91.0 Å². The molecule has 0 saturated carbocycles. The van der Waals surface area contributed by atoms with Gasteiger partial charge in [0.15, 0.2) is 5.78 Å². The maximum atomic E-state index is 12.1. The van der Waals surface area contributed by atoms with Crippen molar-refractivity contribution in [1.29, 1.82) is 0 Å². The molecule has 0 saturated heterocycles. The largest absolute Gasteiger partial charge is 0.573 e. The Balaban J connectivity index is 3.18. The first-order valence-corrected chi connectivity index (χ1v) is 4.73. The molecule has 5 heteroatoms. The minimum Gasteiger partial charge on any atom is -0.405 e. The molecule has 0 N–H and O–H groups in total. The summed E-state index contributed by atoms with van der Waals surface area (Å²) < 4.78 is 40.1. The minimum atomic E-state index is -4.78. The van der Waals surface area contributed by atoms with Gasteiger partial charge in [0.05, 0.1) is 5.56 Å². The summed E-state index contributed by atoms with van der Waals surface area (Å²) in [5, 5.41) is 0. The van der Waals surface area contributed by atoms with Crippen molar-refractivity contribution in [3.8, 4) is 5.75 Å². The summed E-state index contributed by atoms with van der Waals surface area (Å²) in [6, 6.07) is 4.14. The molecular formula is C11H11F3O2. The lowest BCUT2D eigenvalue weighted by Gasteiger charge is -2.13. The Morgan fingerprint density at radius 1 is 1.38 bits per heavy atom. The number of rotatable bonds is 3. The standard InChI is InChI=1S/C11H11F3O2/c1-3-8(15)10-7(2)5-4-6-9(10)16-11(12,13)14/h4-6H,3H2,1-2H3. The number of hydrogen-bond donors (Lipinski definition) is 0. The SMILES string of the molecule is CCC(=O)c1c(C)cccc1OC(F)(F)F. The average Bonchev–Trinajstić information content (AvgIpc) is 2.14. The Morgan fingerprint density at radius 3 is 2.50 bits per heavy atom. The van der Waals surface area contributed by atoms with E-state index in [-0.39, 0.29) is 17.8 Å². The van der Waals surface area contributed by atoms with Gasteiger partial charge in [-0.25, -0.2) is 0 Å². The zero-order chi connectivity index (χ0) is 12.3. The molecule has 0 atom stereocenters. The van der Waals surface area contributed by atoms with Gasteiger partial charge in [0, 0.05) is 6.42 Å². The number of alkyl halides is 3. The molecule has 16 heavy (non-hydrogen) atoms. The Kier molecular flexibility index (Phi) is 3.57. The molecule has 1 aromatic carbocycles. The lowest BCUT2D eigenvalue weighted by Crippen LogP contribution is -2.19. The third-order valence-electron chi connectivity index (χ3n) is 2.06. The van der Waals surface area contributed by atoms with Crippen LogP contribution in [-0.4, -0.2) is 12.1 Å². The Hall–Kier alpha value is -1.52. The van der Waals surface area contributed by atoms with Gasteiger partial charge in [-0.2, -0.15) is 0 Å². The van der Waals surface area contributed by atoms with Crippen molar-refractivity contribution in [3.63, 3.8) is 0 Å². The summed E-state index contributed by atoms with van der Waals surface area (Å²) in [7, 11) is 0. The molecule has 0 aliphatic rings. The predicted octanol–water partition coefficient (Wildman–Crippen LogP) is 3.49. The van der Waals surface area contributed by atoms with Crippen LogP contribution >= 0.6 is 0 Å². The van der Waals surface area contributed by atoms with E-state index in [1.807, 2.05) is 0 Å². The summed E-state index contributed by atoms with van der Waals surface area (Å²) >= 11 is 0. The number of carbonyl (C=O) groups is 1. The fourth-order valence-corrected chi connectivity index (χ4v) is 1.38. The van der Waals surface area contributed by atoms with E-state index in [1.54, 1.807) is 19.9 Å². The first kappa shape index (κ1) is 12.5. The summed E-state index contributed by atoms with van der Waals surface area (Å²) in [6.45, 7) is 3.16. The van der Waals surface area contributed by atoms with Crippen LogP contribution in [0.5, 0.6) is 5.75 Å². The van der Waals surface area contributed by atoms with Crippen LogP contribution in [-0.2, 0) is 0 Å². The molecule has 0 spiro atoms. The molecule has 2 nitrogen and oxygen atoms in total. The topological polar surface area (TPSA) is 26.3 Å². The van der Waals surface area contributed by atoms with E-state index in [0.29, 0.717) is 5.56 Å². The van der Waals surface area contributed by atoms with Crippen molar-refractivity contribution < 1.29 is 22.7 Å². The highest BCUT2D eigenvalue weighted by Gasteiger charge is 2.33. The number of halogens is 3. The van der Waals surface area contributed by atoms with E-state index in [0.717, 1.165) is 6.07 Å². The number of benzene rings is 1. The maximum absolute atomic E-state index is 12.1. The van der Waals surface area contributed by atoms with Gasteiger partial charge in [0.2, 0.25) is 0 Å². The van der Waals surface area contributed by atoms with E-state index in [1.165, 1.54) is 6.07 Å². The smallest absolute Gasteiger partial charge is 0.405 e. The third kappa shape index (κ3) is 2.98. The van der Waals surface area contributed by atoms with Crippen molar-refractivity contribution in [2.24, 2.45) is 0 Å². The lowest BCUT2D eigenvalue weighted by atomic mass is 10.0. The second kappa shape index (κ2) is 4.55. The monoisotopic (exact) mass is 232 g/mol. The molecule has 0 unspecified atom stereocenters. The normalized spacial score (nSPS) is 11.3. The zero-order valence-electron chi connectivity index (χ0n) is 8.89. The molecule has 0 aromatic heterocycles. The fourth-order valence-electron chi connectivity index (χ4n) is 1.38. The van der Waals surface area contributed by atoms with E-state index >= 15 is 0 Å². The maximum Gasteiger partial charge on any atom is 0.573 e. The van der Waals surface area contributed by atoms with Crippen molar-refractivity contribution in [2.45, 2.75) is 26.6 Å². The zero-order valence-corrected chi connectivity index (χ0v) is 8.89. The summed E-state index contributed by atoms with van der Waals surface area (Å²) in [5.41, 5.74) is 0.482. The molecule has 0 aliphatic carbocycles. The highest BCUT2D eigenvalue weighted by Crippen LogP contribution is 2.29. The first-order chi connectivity index (χ1) is 7.35. The summed E-state index contributed by atoms with van der Waals surface area (Å²) in [5.74, 6) is -0.795. The van der Waals surface area contributed by atoms with Crippen LogP contribution in [0.1, 0.15) is 29.3 Å². The molecule has 0 fully saturated rings. The lowest BCUT2D eigenvalue weighted by molar-refractivity contribution is -0.274. The molecule has 88 valence electrons. The molecule has 0 bridgehead atoms. The average molecular weight is 232 g/mol. The van der Waals surface area contributed by atoms with Crippen LogP contribution < -0.4 is 4.74 Å². The number of Topliss-reactive ketones (excluding diaryl/α,β-unsaturated/α-hetero) is 1. The Morgan fingerprint density at radius 2 is 2.00 bits per heavy atom. The number of hydrogen-bond acceptors (Lipinski definition) is 2. The van der Waals surface area contributed by atoms with Crippen LogP contribution in [0.3, 0.4) is 0 Å². The van der Waals surface area contributed by atoms with Gasteiger partial charge >= 0.3 is 6.36 Å². The molecule has 0 aliphatic heterocycles. The fraction of sp³-hybridized carbons (Fsp3) is 0.364. The number of ether oxygens (including phenoxy) is 1. The van der Waals surface area contributed by atoms with Crippen LogP contribution in [0.15, 0.2) is 18.2 Å². The number of carbonyl (C=O) groups excluding carboxylic acids is 1. The van der Waals surface area contributed by atoms with Gasteiger partial charge in [0.1, 0.15) is 5.75 Å². The number of ketones is 1. The van der Waals surface area contributed by atoms with Crippen molar-refractivity contribution in [3.05, 3.63) is 29.3 Å². The van der Waals surface area contributed by atoms with Gasteiger partial charge in [-0.3, -0.25) is 4.79 Å². The molecule has 1 rings (SSSR count). The third-order valence-corrected chi connectivity index (χ3v) is 2.06. The van der Waals surface area contributed by atoms with Gasteiger partial charge in [-0.05, 0) is 18.6 Å². The first-order valence-electron chi connectivity index (χ1n) is 4.73. The summed E-state index contributed by atoms with van der Waals surface area (Å²) in [6.07, 6.45) is -4.64. The van der Waals surface area contributed by atoms with E-state index in [9.17, 15) is 18.0 Å². The van der Waals surface area contributed by atoms with E-state index < -0.39 is 12.1 Å². The quantitative estimate of drug-likeness (QED) is 0.745. The predicted molar refractivity (Wildman–Crippen MR) is 52.5 cm³/mol. The van der Waals surface area contributed by atoms with Crippen LogP contribution in [0.25, 0.3) is 0 Å². The van der Waals surface area contributed by atoms with Gasteiger partial charge in [-0.15, -0.1) is 13.2 Å². The van der Waals surface area contributed by atoms with Crippen molar-refractivity contribution >= 4 is 5.78 Å². The Bertz CT molecular complexity index is 397. The molecule has 0 amide bonds. The van der Waals surface area contributed by atoms with Gasteiger partial charge < -0.3 is 4.74 Å². The van der Waals surface area contributed by atoms with E-state index in [4.69, 9.17) is 0 Å². The van der Waals surface area contributed by atoms with Crippen LogP contribution in [0.4, 0.5) is 13.2 Å². The van der Waals surface area contributed by atoms with Gasteiger partial charge in [-0.1, -0.05) is 19.1 Å². The highest BCUT2D eigenvalue weighted by atomic mass is 19.4. The number of aryl methyl sites for hydroxylation is 1. The highest BCUT2D eigenvalue weighted by molar-refractivity contribution is 5.99. The minimum absolute atomic E-state index is 0.00215. The van der Waals surface area contributed by atoms with Crippen molar-refractivity contribution in [2.75, 3.05) is 0 Å². The van der Waals surface area contributed by atoms with Gasteiger partial charge in [0.25, 0.3) is 0 Å². The van der Waals surface area contributed by atoms with Crippen LogP contribution in [0, 0.1) is 6.92 Å². The second-order valence-corrected chi connectivity index (χ2v) is 3.27. The second-order valence-electron chi connectivity index (χ2n) is 3.27. The van der Waals surface area contributed by atoms with Crippen molar-refractivity contribution in [1.82, 2.24) is 0 Å². The molecular weight excluding hydrogens is 221 g/mol. The van der Waals surface area contributed by atoms with Crippen LogP contribution in [0.2, 0.25) is 0 Å². The van der Waals surface area contributed by atoms with E-state index in [2.05, 4.69) is 4.74 Å². The molecule has 1 aromatic rings. The molecule has 0 heterocycles. The molecule has 0 radical (unpaired) electrons. The summed E-state index contributed by atoms with van der Waals surface area (Å²) in [4.78, 5) is 11.5.